The average molecular weight is 248 g/mol. The minimum Gasteiger partial charge on any atom is -0.381 e. The van der Waals surface area contributed by atoms with E-state index in [0.717, 1.165) is 26.1 Å². The van der Waals surface area contributed by atoms with Crippen LogP contribution in [0, 0.1) is 5.92 Å². The topological polar surface area (TPSA) is 50.4 Å². The Bertz CT molecular complexity index is 281. The zero-order valence-electron chi connectivity index (χ0n) is 9.68. The Kier molecular flexibility index (Phi) is 3.93. The van der Waals surface area contributed by atoms with Gasteiger partial charge < -0.3 is 10.1 Å². The predicted molar refractivity (Wildman–Crippen MR) is 57.9 cm³/mol. The second-order valence-corrected chi connectivity index (χ2v) is 4.79. The van der Waals surface area contributed by atoms with E-state index in [1.165, 1.54) is 0 Å². The highest BCUT2D eigenvalue weighted by Crippen LogP contribution is 2.25. The first-order chi connectivity index (χ1) is 8.07. The SMILES string of the molecule is O=C(NCC1CCOCC1)C1CC(F)(F)CN1. The number of amides is 1. The molecule has 2 heterocycles. The standard InChI is InChI=1S/C11H18F2N2O2/c12-11(13)5-9(15-7-11)10(16)14-6-8-1-3-17-4-2-8/h8-9,15H,1-7H2,(H,14,16). The van der Waals surface area contributed by atoms with Crippen LogP contribution in [0.25, 0.3) is 0 Å². The van der Waals surface area contributed by atoms with Crippen LogP contribution in [0.1, 0.15) is 19.3 Å². The van der Waals surface area contributed by atoms with Crippen molar-refractivity contribution in [3.8, 4) is 0 Å². The Labute approximate surface area is 99.1 Å². The Morgan fingerprint density at radius 2 is 2.12 bits per heavy atom. The van der Waals surface area contributed by atoms with Crippen molar-refractivity contribution >= 4 is 5.91 Å². The summed E-state index contributed by atoms with van der Waals surface area (Å²) in [5, 5.41) is 5.29. The fourth-order valence-corrected chi connectivity index (χ4v) is 2.22. The van der Waals surface area contributed by atoms with Gasteiger partial charge in [-0.15, -0.1) is 0 Å². The van der Waals surface area contributed by atoms with E-state index in [0.29, 0.717) is 12.5 Å². The predicted octanol–water partition coefficient (Wildman–Crippen LogP) is 0.526. The van der Waals surface area contributed by atoms with Gasteiger partial charge in [-0.1, -0.05) is 0 Å². The zero-order valence-corrected chi connectivity index (χ0v) is 9.68. The van der Waals surface area contributed by atoms with Gasteiger partial charge in [0.05, 0.1) is 12.6 Å². The molecule has 0 saturated carbocycles. The molecule has 1 unspecified atom stereocenters. The molecule has 2 rings (SSSR count). The fourth-order valence-electron chi connectivity index (χ4n) is 2.22. The van der Waals surface area contributed by atoms with Crippen molar-refractivity contribution in [3.05, 3.63) is 0 Å². The van der Waals surface area contributed by atoms with Crippen LogP contribution in [-0.2, 0) is 9.53 Å². The first-order valence-corrected chi connectivity index (χ1v) is 6.03. The highest BCUT2D eigenvalue weighted by Gasteiger charge is 2.42. The molecule has 4 nitrogen and oxygen atoms in total. The molecule has 0 bridgehead atoms. The maximum absolute atomic E-state index is 12.9. The lowest BCUT2D eigenvalue weighted by Gasteiger charge is -2.22. The number of halogens is 2. The molecule has 1 atom stereocenters. The number of carbonyl (C=O) groups is 1. The van der Waals surface area contributed by atoms with Crippen molar-refractivity contribution in [2.24, 2.45) is 5.92 Å². The second kappa shape index (κ2) is 5.27. The van der Waals surface area contributed by atoms with E-state index in [4.69, 9.17) is 4.74 Å². The highest BCUT2D eigenvalue weighted by atomic mass is 19.3. The van der Waals surface area contributed by atoms with Crippen molar-refractivity contribution in [1.29, 1.82) is 0 Å². The first kappa shape index (κ1) is 12.7. The van der Waals surface area contributed by atoms with E-state index in [1.54, 1.807) is 0 Å². The molecule has 0 radical (unpaired) electrons. The molecule has 2 fully saturated rings. The normalized spacial score (nSPS) is 29.2. The van der Waals surface area contributed by atoms with Crippen LogP contribution in [-0.4, -0.2) is 44.2 Å². The molecule has 0 aromatic heterocycles. The number of hydrogen-bond donors (Lipinski definition) is 2. The van der Waals surface area contributed by atoms with Gasteiger partial charge in [-0.3, -0.25) is 10.1 Å². The van der Waals surface area contributed by atoms with Gasteiger partial charge in [-0.25, -0.2) is 8.78 Å². The van der Waals surface area contributed by atoms with Crippen LogP contribution in [0.2, 0.25) is 0 Å². The summed E-state index contributed by atoms with van der Waals surface area (Å²) >= 11 is 0. The summed E-state index contributed by atoms with van der Waals surface area (Å²) in [6.45, 7) is 1.61. The first-order valence-electron chi connectivity index (χ1n) is 6.03. The zero-order chi connectivity index (χ0) is 12.3. The van der Waals surface area contributed by atoms with Crippen molar-refractivity contribution in [2.75, 3.05) is 26.3 Å². The molecular formula is C11H18F2N2O2. The monoisotopic (exact) mass is 248 g/mol. The van der Waals surface area contributed by atoms with Crippen LogP contribution >= 0.6 is 0 Å². The molecule has 2 saturated heterocycles. The van der Waals surface area contributed by atoms with Gasteiger partial charge in [0.15, 0.2) is 0 Å². The van der Waals surface area contributed by atoms with E-state index in [2.05, 4.69) is 10.6 Å². The third-order valence-electron chi connectivity index (χ3n) is 3.33. The smallest absolute Gasteiger partial charge is 0.262 e. The Morgan fingerprint density at radius 1 is 1.41 bits per heavy atom. The number of alkyl halides is 2. The number of rotatable bonds is 3. The minimum atomic E-state index is -2.75. The van der Waals surface area contributed by atoms with Gasteiger partial charge in [0.1, 0.15) is 0 Å². The summed E-state index contributed by atoms with van der Waals surface area (Å²) < 4.78 is 31.0. The maximum atomic E-state index is 12.9. The summed E-state index contributed by atoms with van der Waals surface area (Å²) in [7, 11) is 0. The quantitative estimate of drug-likeness (QED) is 0.766. The lowest BCUT2D eigenvalue weighted by atomic mass is 10.0. The van der Waals surface area contributed by atoms with Gasteiger partial charge in [0.2, 0.25) is 5.91 Å². The lowest BCUT2D eigenvalue weighted by Crippen LogP contribution is -2.42. The number of carbonyl (C=O) groups excluding carboxylic acids is 1. The highest BCUT2D eigenvalue weighted by molar-refractivity contribution is 5.82. The number of nitrogens with one attached hydrogen (secondary N) is 2. The molecule has 0 aliphatic carbocycles. The Morgan fingerprint density at radius 3 is 2.71 bits per heavy atom. The fraction of sp³-hybridized carbons (Fsp3) is 0.909. The molecule has 1 amide bonds. The van der Waals surface area contributed by atoms with Gasteiger partial charge in [-0.2, -0.15) is 0 Å². The lowest BCUT2D eigenvalue weighted by molar-refractivity contribution is -0.123. The molecular weight excluding hydrogens is 230 g/mol. The third kappa shape index (κ3) is 3.61. The van der Waals surface area contributed by atoms with Gasteiger partial charge in [0, 0.05) is 26.2 Å². The largest absolute Gasteiger partial charge is 0.381 e. The van der Waals surface area contributed by atoms with Gasteiger partial charge in [0.25, 0.3) is 5.92 Å². The second-order valence-electron chi connectivity index (χ2n) is 4.79. The molecule has 2 aliphatic heterocycles. The van der Waals surface area contributed by atoms with E-state index < -0.39 is 24.9 Å². The van der Waals surface area contributed by atoms with E-state index in [-0.39, 0.29) is 5.91 Å². The van der Waals surface area contributed by atoms with Crippen molar-refractivity contribution < 1.29 is 18.3 Å². The molecule has 0 aromatic carbocycles. The van der Waals surface area contributed by atoms with Crippen LogP contribution in [0.4, 0.5) is 8.78 Å². The average Bonchev–Trinajstić information content (AvgIpc) is 2.68. The molecule has 2 aliphatic rings. The molecule has 98 valence electrons. The number of ether oxygens (including phenoxy) is 1. The van der Waals surface area contributed by atoms with Crippen LogP contribution < -0.4 is 10.6 Å². The van der Waals surface area contributed by atoms with E-state index in [1.807, 2.05) is 0 Å². The molecule has 17 heavy (non-hydrogen) atoms. The van der Waals surface area contributed by atoms with E-state index in [9.17, 15) is 13.6 Å². The summed E-state index contributed by atoms with van der Waals surface area (Å²) in [5.41, 5.74) is 0. The number of hydrogen-bond acceptors (Lipinski definition) is 3. The summed E-state index contributed by atoms with van der Waals surface area (Å²) in [4.78, 5) is 11.6. The maximum Gasteiger partial charge on any atom is 0.262 e. The van der Waals surface area contributed by atoms with Crippen molar-refractivity contribution in [1.82, 2.24) is 10.6 Å². The molecule has 2 N–H and O–H groups in total. The van der Waals surface area contributed by atoms with Gasteiger partial charge >= 0.3 is 0 Å². The van der Waals surface area contributed by atoms with Gasteiger partial charge in [-0.05, 0) is 18.8 Å². The van der Waals surface area contributed by atoms with Crippen molar-refractivity contribution in [2.45, 2.75) is 31.2 Å². The van der Waals surface area contributed by atoms with Crippen molar-refractivity contribution in [3.63, 3.8) is 0 Å². The molecule has 0 spiro atoms. The van der Waals surface area contributed by atoms with Crippen LogP contribution in [0.5, 0.6) is 0 Å². The Hall–Kier alpha value is -0.750. The molecule has 0 aromatic rings. The molecule has 6 heteroatoms. The van der Waals surface area contributed by atoms with E-state index >= 15 is 0 Å². The summed E-state index contributed by atoms with van der Waals surface area (Å²) in [6, 6.07) is -0.746. The van der Waals surface area contributed by atoms with Crippen LogP contribution in [0.3, 0.4) is 0 Å². The summed E-state index contributed by atoms with van der Waals surface area (Å²) in [6.07, 6.45) is 1.45. The Balaban J connectivity index is 1.70. The third-order valence-corrected chi connectivity index (χ3v) is 3.33. The van der Waals surface area contributed by atoms with Crippen LogP contribution in [0.15, 0.2) is 0 Å². The minimum absolute atomic E-state index is 0.311. The summed E-state index contributed by atoms with van der Waals surface area (Å²) in [5.74, 6) is -2.65.